The number of benzene rings is 8. The first kappa shape index (κ1) is 32.1. The number of hydrogen-bond acceptors (Lipinski definition) is 3. The molecule has 0 aliphatic rings. The molecule has 0 N–H and O–H groups in total. The summed E-state index contributed by atoms with van der Waals surface area (Å²) in [5.74, 6) is 0. The Balaban J connectivity index is 1.28. The normalized spacial score (nSPS) is 12.1. The van der Waals surface area contributed by atoms with E-state index < -0.39 is 9.84 Å². The summed E-state index contributed by atoms with van der Waals surface area (Å²) >= 11 is 0. The molecule has 3 aromatic heterocycles. The molecule has 0 saturated carbocycles. The topological polar surface area (TPSA) is 72.7 Å². The lowest BCUT2D eigenvalue weighted by atomic mass is 10.1. The third kappa shape index (κ3) is 4.63. The van der Waals surface area contributed by atoms with E-state index in [1.54, 1.807) is 12.1 Å². The van der Waals surface area contributed by atoms with Crippen LogP contribution in [0.3, 0.4) is 0 Å². The minimum Gasteiger partial charge on any atom is -0.309 e. The summed E-state index contributed by atoms with van der Waals surface area (Å²) in [7, 11) is -3.90. The monoisotopic (exact) mass is 738 g/mol. The van der Waals surface area contributed by atoms with Gasteiger partial charge in [-0.25, -0.2) is 8.42 Å². The molecule has 11 aromatic rings. The molecular formula is C49H30N4O2S. The fraction of sp³-hybridized carbons (Fsp3) is 0. The highest BCUT2D eigenvalue weighted by atomic mass is 32.2. The summed E-state index contributed by atoms with van der Waals surface area (Å²) in [5.41, 5.74) is 9.51. The summed E-state index contributed by atoms with van der Waals surface area (Å²) in [6, 6.07) is 62.3. The van der Waals surface area contributed by atoms with Gasteiger partial charge in [0.1, 0.15) is 0 Å². The smallest absolute Gasteiger partial charge is 0.206 e. The Morgan fingerprint density at radius 2 is 0.786 bits per heavy atom. The number of nitrogens with zero attached hydrogens (tertiary/aromatic N) is 4. The van der Waals surface area contributed by atoms with Crippen molar-refractivity contribution >= 4 is 75.3 Å². The lowest BCUT2D eigenvalue weighted by molar-refractivity contribution is 0.596. The molecule has 0 radical (unpaired) electrons. The van der Waals surface area contributed by atoms with Crippen LogP contribution in [0.5, 0.6) is 0 Å². The minimum absolute atomic E-state index is 0.138. The number of aromatic nitrogens is 3. The van der Waals surface area contributed by atoms with E-state index in [1.807, 2.05) is 24.3 Å². The van der Waals surface area contributed by atoms with Crippen molar-refractivity contribution in [2.45, 2.75) is 9.79 Å². The van der Waals surface area contributed by atoms with Gasteiger partial charge in [-0.2, -0.15) is 5.26 Å². The van der Waals surface area contributed by atoms with E-state index >= 15 is 0 Å². The maximum atomic E-state index is 14.1. The number of hydrogen-bond donors (Lipinski definition) is 0. The molecule has 0 amide bonds. The molecular weight excluding hydrogens is 709 g/mol. The molecule has 0 bridgehead atoms. The average molecular weight is 739 g/mol. The molecule has 7 heteroatoms. The SMILES string of the molecule is N#Cc1ccc(S(=O)(=O)c2cccc(-n3c4cc5c(cc4c4cc6c7ccccc7n(-c7ccccc7)c6cc43)c3ccccc3n5-c3ccccc3)c2)cc1. The van der Waals surface area contributed by atoms with E-state index in [-0.39, 0.29) is 9.79 Å². The summed E-state index contributed by atoms with van der Waals surface area (Å²) in [6.07, 6.45) is 0. The molecule has 0 unspecified atom stereocenters. The third-order valence-electron chi connectivity index (χ3n) is 11.1. The zero-order valence-electron chi connectivity index (χ0n) is 29.8. The highest BCUT2D eigenvalue weighted by molar-refractivity contribution is 7.91. The third-order valence-corrected chi connectivity index (χ3v) is 12.8. The Kier molecular flexibility index (Phi) is 6.90. The van der Waals surface area contributed by atoms with Crippen LogP contribution in [0.2, 0.25) is 0 Å². The zero-order valence-corrected chi connectivity index (χ0v) is 30.7. The highest BCUT2D eigenvalue weighted by Crippen LogP contribution is 2.43. The Morgan fingerprint density at radius 3 is 1.29 bits per heavy atom. The van der Waals surface area contributed by atoms with E-state index in [1.165, 1.54) is 24.3 Å². The van der Waals surface area contributed by atoms with Crippen LogP contribution in [-0.4, -0.2) is 22.1 Å². The van der Waals surface area contributed by atoms with Crippen LogP contribution in [0.15, 0.2) is 192 Å². The second kappa shape index (κ2) is 12.1. The van der Waals surface area contributed by atoms with Gasteiger partial charge in [0.25, 0.3) is 0 Å². The fourth-order valence-corrected chi connectivity index (χ4v) is 9.86. The van der Waals surface area contributed by atoms with Crippen LogP contribution in [0.1, 0.15) is 5.56 Å². The van der Waals surface area contributed by atoms with Gasteiger partial charge in [0.15, 0.2) is 0 Å². The van der Waals surface area contributed by atoms with E-state index in [0.29, 0.717) is 5.56 Å². The lowest BCUT2D eigenvalue weighted by Gasteiger charge is -2.12. The van der Waals surface area contributed by atoms with Gasteiger partial charge in [-0.15, -0.1) is 0 Å². The van der Waals surface area contributed by atoms with Crippen molar-refractivity contribution in [1.29, 1.82) is 5.26 Å². The molecule has 6 nitrogen and oxygen atoms in total. The van der Waals surface area contributed by atoms with Crippen molar-refractivity contribution in [3.63, 3.8) is 0 Å². The first-order valence-electron chi connectivity index (χ1n) is 18.4. The van der Waals surface area contributed by atoms with Crippen LogP contribution < -0.4 is 0 Å². The van der Waals surface area contributed by atoms with Crippen LogP contribution in [0, 0.1) is 11.3 Å². The molecule has 0 spiro atoms. The van der Waals surface area contributed by atoms with E-state index in [0.717, 1.165) is 82.5 Å². The number of nitriles is 1. The van der Waals surface area contributed by atoms with Crippen molar-refractivity contribution in [3.8, 4) is 23.1 Å². The van der Waals surface area contributed by atoms with Crippen LogP contribution >= 0.6 is 0 Å². The predicted molar refractivity (Wildman–Crippen MR) is 226 cm³/mol. The summed E-state index contributed by atoms with van der Waals surface area (Å²) < 4.78 is 35.1. The Bertz CT molecular complexity index is 3370. The van der Waals surface area contributed by atoms with Gasteiger partial charge in [0.05, 0.1) is 54.5 Å². The van der Waals surface area contributed by atoms with Crippen molar-refractivity contribution in [2.24, 2.45) is 0 Å². The first-order valence-corrected chi connectivity index (χ1v) is 19.9. The maximum Gasteiger partial charge on any atom is 0.206 e. The molecule has 56 heavy (non-hydrogen) atoms. The van der Waals surface area contributed by atoms with Gasteiger partial charge in [-0.3, -0.25) is 0 Å². The molecule has 0 aliphatic heterocycles. The molecule has 11 rings (SSSR count). The largest absolute Gasteiger partial charge is 0.309 e. The maximum absolute atomic E-state index is 14.1. The Hall–Kier alpha value is -7.40. The molecule has 0 saturated heterocycles. The van der Waals surface area contributed by atoms with Gasteiger partial charge in [0.2, 0.25) is 9.84 Å². The molecule has 8 aromatic carbocycles. The number of fused-ring (bicyclic) bond motifs is 9. The first-order chi connectivity index (χ1) is 27.5. The van der Waals surface area contributed by atoms with Crippen LogP contribution in [-0.2, 0) is 9.84 Å². The summed E-state index contributed by atoms with van der Waals surface area (Å²) in [5, 5.41) is 16.1. The van der Waals surface area contributed by atoms with E-state index in [9.17, 15) is 13.7 Å². The highest BCUT2D eigenvalue weighted by Gasteiger charge is 2.23. The van der Waals surface area contributed by atoms with Gasteiger partial charge < -0.3 is 13.7 Å². The number of rotatable bonds is 5. The molecule has 3 heterocycles. The van der Waals surface area contributed by atoms with Gasteiger partial charge in [-0.1, -0.05) is 78.9 Å². The van der Waals surface area contributed by atoms with Gasteiger partial charge in [0, 0.05) is 49.4 Å². The van der Waals surface area contributed by atoms with Crippen molar-refractivity contribution in [1.82, 2.24) is 13.7 Å². The van der Waals surface area contributed by atoms with Crippen molar-refractivity contribution < 1.29 is 8.42 Å². The van der Waals surface area contributed by atoms with E-state index in [4.69, 9.17) is 0 Å². The van der Waals surface area contributed by atoms with Crippen molar-refractivity contribution in [2.75, 3.05) is 0 Å². The lowest BCUT2D eigenvalue weighted by Crippen LogP contribution is -2.04. The summed E-state index contributed by atoms with van der Waals surface area (Å²) in [4.78, 5) is 0.313. The average Bonchev–Trinajstić information content (AvgIpc) is 3.87. The second-order valence-corrected chi connectivity index (χ2v) is 16.1. The molecule has 0 aliphatic carbocycles. The van der Waals surface area contributed by atoms with Crippen LogP contribution in [0.4, 0.5) is 0 Å². The minimum atomic E-state index is -3.90. The van der Waals surface area contributed by atoms with Crippen molar-refractivity contribution in [3.05, 3.63) is 188 Å². The molecule has 0 atom stereocenters. The quantitative estimate of drug-likeness (QED) is 0.176. The molecule has 264 valence electrons. The van der Waals surface area contributed by atoms with Gasteiger partial charge in [-0.05, 0) is 103 Å². The van der Waals surface area contributed by atoms with E-state index in [2.05, 4.69) is 141 Å². The number of sulfone groups is 1. The Morgan fingerprint density at radius 1 is 0.357 bits per heavy atom. The fourth-order valence-electron chi connectivity index (χ4n) is 8.56. The standard InChI is InChI=1S/C49H30N4O2S/c50-31-32-22-24-36(25-23-32)56(54,55)37-17-11-16-35(26-37)53-48-29-46-40(38-18-7-9-20-44(38)51(46)33-12-3-1-4-13-33)27-42(48)43-28-41-39-19-8-10-21-45(39)52(47(41)30-49(43)53)34-14-5-2-6-15-34/h1-30H. The second-order valence-electron chi connectivity index (χ2n) is 14.1. The van der Waals surface area contributed by atoms with Gasteiger partial charge >= 0.3 is 0 Å². The van der Waals surface area contributed by atoms with Crippen LogP contribution in [0.25, 0.3) is 82.5 Å². The molecule has 0 fully saturated rings. The predicted octanol–water partition coefficient (Wildman–Crippen LogP) is 11.7. The number of para-hydroxylation sites is 4. The zero-order chi connectivity index (χ0) is 37.5. The Labute approximate surface area is 321 Å². The summed E-state index contributed by atoms with van der Waals surface area (Å²) in [6.45, 7) is 0.